The van der Waals surface area contributed by atoms with Crippen LogP contribution in [0, 0.1) is 12.7 Å². The summed E-state index contributed by atoms with van der Waals surface area (Å²) in [7, 11) is 0. The van der Waals surface area contributed by atoms with Crippen LogP contribution in [0.1, 0.15) is 5.56 Å². The highest BCUT2D eigenvalue weighted by Gasteiger charge is 2.03. The largest absolute Gasteiger partial charge is 0.345 e. The molecule has 76 valence electrons. The van der Waals surface area contributed by atoms with Crippen molar-refractivity contribution in [3.63, 3.8) is 0 Å². The van der Waals surface area contributed by atoms with Gasteiger partial charge in [-0.25, -0.2) is 14.2 Å². The Kier molecular flexibility index (Phi) is 2.33. The molecule has 0 saturated heterocycles. The van der Waals surface area contributed by atoms with Crippen molar-refractivity contribution in [2.45, 2.75) is 6.92 Å². The molecular weight excluding hydrogens is 195 g/mol. The number of rotatable bonds is 1. The van der Waals surface area contributed by atoms with E-state index in [1.165, 1.54) is 18.3 Å². The Balaban J connectivity index is 2.59. The summed E-state index contributed by atoms with van der Waals surface area (Å²) < 4.78 is 12.9. The average Bonchev–Trinajstić information content (AvgIpc) is 2.17. The van der Waals surface area contributed by atoms with E-state index in [2.05, 4.69) is 9.97 Å². The van der Waals surface area contributed by atoms with Gasteiger partial charge in [-0.15, -0.1) is 0 Å². The van der Waals surface area contributed by atoms with Crippen LogP contribution in [0.5, 0.6) is 0 Å². The predicted octanol–water partition coefficient (Wildman–Crippen LogP) is 1.88. The molecule has 2 aromatic rings. The lowest BCUT2D eigenvalue weighted by molar-refractivity contribution is 0.627. The molecule has 1 aromatic carbocycles. The maximum Gasteiger partial charge on any atom is 0.345 e. The van der Waals surface area contributed by atoms with Crippen molar-refractivity contribution in [2.24, 2.45) is 0 Å². The predicted molar refractivity (Wildman–Crippen MR) is 55.0 cm³/mol. The van der Waals surface area contributed by atoms with Crippen LogP contribution in [-0.2, 0) is 0 Å². The van der Waals surface area contributed by atoms with E-state index in [0.717, 1.165) is 11.1 Å². The van der Waals surface area contributed by atoms with E-state index in [4.69, 9.17) is 0 Å². The number of nitrogens with one attached hydrogen (secondary N) is 1. The molecule has 0 saturated carbocycles. The fourth-order valence-corrected chi connectivity index (χ4v) is 1.46. The molecule has 2 rings (SSSR count). The molecule has 1 N–H and O–H groups in total. The molecule has 0 aliphatic rings. The molecule has 0 bridgehead atoms. The van der Waals surface area contributed by atoms with Crippen LogP contribution in [0.3, 0.4) is 0 Å². The van der Waals surface area contributed by atoms with E-state index in [-0.39, 0.29) is 5.82 Å². The minimum absolute atomic E-state index is 0.285. The van der Waals surface area contributed by atoms with Gasteiger partial charge >= 0.3 is 5.69 Å². The number of halogens is 1. The van der Waals surface area contributed by atoms with Crippen molar-refractivity contribution < 1.29 is 4.39 Å². The topological polar surface area (TPSA) is 45.8 Å². The molecule has 0 unspecified atom stereocenters. The van der Waals surface area contributed by atoms with Crippen LogP contribution in [0.2, 0.25) is 0 Å². The fraction of sp³-hybridized carbons (Fsp3) is 0.0909. The Morgan fingerprint density at radius 1 is 1.33 bits per heavy atom. The number of hydrogen-bond donors (Lipinski definition) is 1. The molecule has 1 heterocycles. The first kappa shape index (κ1) is 9.58. The zero-order valence-corrected chi connectivity index (χ0v) is 8.12. The third kappa shape index (κ3) is 1.93. The molecule has 1 aromatic heterocycles. The third-order valence-corrected chi connectivity index (χ3v) is 2.15. The Bertz CT molecular complexity index is 548. The van der Waals surface area contributed by atoms with Gasteiger partial charge in [0.05, 0.1) is 5.69 Å². The average molecular weight is 204 g/mol. The summed E-state index contributed by atoms with van der Waals surface area (Å²) in [5.41, 5.74) is 1.82. The Morgan fingerprint density at radius 3 is 2.80 bits per heavy atom. The first-order valence-electron chi connectivity index (χ1n) is 4.48. The number of nitrogens with zero attached hydrogens (tertiary/aromatic N) is 1. The van der Waals surface area contributed by atoms with Crippen LogP contribution in [0.15, 0.2) is 35.3 Å². The van der Waals surface area contributed by atoms with Gasteiger partial charge in [0.1, 0.15) is 5.82 Å². The lowest BCUT2D eigenvalue weighted by Crippen LogP contribution is -2.09. The molecule has 0 atom stereocenters. The third-order valence-electron chi connectivity index (χ3n) is 2.15. The summed E-state index contributed by atoms with van der Waals surface area (Å²) in [5, 5.41) is 0. The van der Waals surface area contributed by atoms with Gasteiger partial charge in [0, 0.05) is 11.8 Å². The van der Waals surface area contributed by atoms with Crippen LogP contribution in [0.25, 0.3) is 11.3 Å². The molecule has 0 spiro atoms. The summed E-state index contributed by atoms with van der Waals surface area (Å²) in [6.07, 6.45) is 1.43. The second-order valence-corrected chi connectivity index (χ2v) is 3.25. The number of aromatic amines is 1. The Morgan fingerprint density at radius 2 is 2.13 bits per heavy atom. The normalized spacial score (nSPS) is 10.3. The lowest BCUT2D eigenvalue weighted by atomic mass is 10.1. The quantitative estimate of drug-likeness (QED) is 0.770. The Labute approximate surface area is 85.6 Å². The monoisotopic (exact) mass is 204 g/mol. The highest BCUT2D eigenvalue weighted by atomic mass is 19.1. The van der Waals surface area contributed by atoms with Gasteiger partial charge in [0.25, 0.3) is 0 Å². The van der Waals surface area contributed by atoms with Crippen LogP contribution in [-0.4, -0.2) is 9.97 Å². The number of aryl methyl sites for hydroxylation is 1. The molecule has 0 radical (unpaired) electrons. The second-order valence-electron chi connectivity index (χ2n) is 3.25. The number of H-pyrrole nitrogens is 1. The molecular formula is C11H9FN2O. The van der Waals surface area contributed by atoms with Gasteiger partial charge in [-0.05, 0) is 36.8 Å². The highest BCUT2D eigenvalue weighted by Crippen LogP contribution is 2.20. The smallest absolute Gasteiger partial charge is 0.305 e. The van der Waals surface area contributed by atoms with Crippen LogP contribution >= 0.6 is 0 Å². The molecule has 4 heteroatoms. The standard InChI is InChI=1S/C11H9FN2O/c1-7-6-8(12)2-3-9(7)10-4-5-13-11(15)14-10/h2-6H,1H3,(H,13,14,15). The van der Waals surface area contributed by atoms with E-state index in [9.17, 15) is 9.18 Å². The van der Waals surface area contributed by atoms with Gasteiger partial charge < -0.3 is 4.98 Å². The van der Waals surface area contributed by atoms with Gasteiger partial charge in [-0.1, -0.05) is 0 Å². The molecule has 3 nitrogen and oxygen atoms in total. The van der Waals surface area contributed by atoms with Crippen molar-refractivity contribution in [2.75, 3.05) is 0 Å². The van der Waals surface area contributed by atoms with Crippen molar-refractivity contribution in [3.05, 3.63) is 52.3 Å². The molecule has 0 amide bonds. The van der Waals surface area contributed by atoms with Crippen molar-refractivity contribution in [3.8, 4) is 11.3 Å². The maximum atomic E-state index is 12.9. The minimum Gasteiger partial charge on any atom is -0.305 e. The van der Waals surface area contributed by atoms with E-state index in [1.54, 1.807) is 19.1 Å². The fourth-order valence-electron chi connectivity index (χ4n) is 1.46. The number of benzene rings is 1. The van der Waals surface area contributed by atoms with Crippen LogP contribution in [0.4, 0.5) is 4.39 Å². The molecule has 0 fully saturated rings. The van der Waals surface area contributed by atoms with Crippen LogP contribution < -0.4 is 5.69 Å². The molecule has 0 aliphatic heterocycles. The zero-order valence-electron chi connectivity index (χ0n) is 8.12. The van der Waals surface area contributed by atoms with E-state index in [0.29, 0.717) is 5.69 Å². The molecule has 0 aliphatic carbocycles. The Hall–Kier alpha value is -1.97. The maximum absolute atomic E-state index is 12.9. The molecule has 15 heavy (non-hydrogen) atoms. The first-order valence-corrected chi connectivity index (χ1v) is 4.48. The summed E-state index contributed by atoms with van der Waals surface area (Å²) >= 11 is 0. The van der Waals surface area contributed by atoms with Gasteiger partial charge in [-0.3, -0.25) is 0 Å². The second kappa shape index (κ2) is 3.65. The summed E-state index contributed by atoms with van der Waals surface area (Å²) in [6.45, 7) is 1.79. The summed E-state index contributed by atoms with van der Waals surface area (Å²) in [6, 6.07) is 6.10. The summed E-state index contributed by atoms with van der Waals surface area (Å²) in [4.78, 5) is 17.1. The van der Waals surface area contributed by atoms with Gasteiger partial charge in [-0.2, -0.15) is 0 Å². The van der Waals surface area contributed by atoms with Crippen molar-refractivity contribution in [1.29, 1.82) is 0 Å². The van der Waals surface area contributed by atoms with Crippen molar-refractivity contribution >= 4 is 0 Å². The van der Waals surface area contributed by atoms with E-state index >= 15 is 0 Å². The first-order chi connectivity index (χ1) is 7.16. The van der Waals surface area contributed by atoms with Crippen molar-refractivity contribution in [1.82, 2.24) is 9.97 Å². The highest BCUT2D eigenvalue weighted by molar-refractivity contribution is 5.62. The SMILES string of the molecule is Cc1cc(F)ccc1-c1ccnc(=O)[nH]1. The lowest BCUT2D eigenvalue weighted by Gasteiger charge is -2.04. The van der Waals surface area contributed by atoms with Gasteiger partial charge in [0.2, 0.25) is 0 Å². The van der Waals surface area contributed by atoms with E-state index < -0.39 is 5.69 Å². The number of aromatic nitrogens is 2. The summed E-state index contributed by atoms with van der Waals surface area (Å²) in [5.74, 6) is -0.285. The minimum atomic E-state index is -0.406. The zero-order chi connectivity index (χ0) is 10.8. The van der Waals surface area contributed by atoms with Gasteiger partial charge in [0.15, 0.2) is 0 Å². The van der Waals surface area contributed by atoms with E-state index in [1.807, 2.05) is 0 Å². The number of hydrogen-bond acceptors (Lipinski definition) is 2.